The first-order chi connectivity index (χ1) is 12.9. The van der Waals surface area contributed by atoms with Gasteiger partial charge in [0.2, 0.25) is 12.2 Å². The molecule has 6 nitrogen and oxygen atoms in total. The van der Waals surface area contributed by atoms with Gasteiger partial charge in [-0.2, -0.15) is 9.98 Å². The first-order valence-electron chi connectivity index (χ1n) is 7.37. The Morgan fingerprint density at radius 2 is 1.63 bits per heavy atom. The minimum Gasteiger partial charge on any atom is -0.406 e. The number of ether oxygens (including phenoxy) is 1. The van der Waals surface area contributed by atoms with Crippen LogP contribution in [0.3, 0.4) is 0 Å². The summed E-state index contributed by atoms with van der Waals surface area (Å²) >= 11 is 0. The molecule has 0 amide bonds. The molecule has 0 fully saturated rings. The monoisotopic (exact) mass is 371 g/mol. The van der Waals surface area contributed by atoms with Gasteiger partial charge in [0.15, 0.2) is 0 Å². The Morgan fingerprint density at radius 3 is 2.33 bits per heavy atom. The smallest absolute Gasteiger partial charge is 0.406 e. The van der Waals surface area contributed by atoms with E-state index in [1.807, 2.05) is 0 Å². The van der Waals surface area contributed by atoms with Crippen molar-refractivity contribution in [3.8, 4) is 17.0 Å². The van der Waals surface area contributed by atoms with Crippen molar-refractivity contribution in [2.45, 2.75) is 6.36 Å². The predicted molar refractivity (Wildman–Crippen MR) is 89.4 cm³/mol. The molecule has 3 rings (SSSR count). The summed E-state index contributed by atoms with van der Waals surface area (Å²) in [5.41, 5.74) is 0.925. The average molecular weight is 371 g/mol. The van der Waals surface area contributed by atoms with E-state index in [0.717, 1.165) is 12.1 Å². The normalized spacial score (nSPS) is 10.8. The molecule has 0 aliphatic rings. The lowest BCUT2D eigenvalue weighted by molar-refractivity contribution is -0.274. The molecule has 0 radical (unpaired) electrons. The van der Waals surface area contributed by atoms with Gasteiger partial charge in [-0.05, 0) is 24.3 Å². The van der Waals surface area contributed by atoms with Crippen molar-refractivity contribution in [3.63, 3.8) is 0 Å². The van der Waals surface area contributed by atoms with Crippen LogP contribution in [0, 0.1) is 0 Å². The van der Waals surface area contributed by atoms with Crippen LogP contribution < -0.4 is 4.74 Å². The van der Waals surface area contributed by atoms with Gasteiger partial charge in [-0.1, -0.05) is 24.3 Å². The molecule has 3 aromatic rings. The molecular formula is C18H8F3N3O3. The quantitative estimate of drug-likeness (QED) is 0.490. The number of rotatable bonds is 4. The molecule has 0 atom stereocenters. The van der Waals surface area contributed by atoms with E-state index in [0.29, 0.717) is 10.9 Å². The molecule has 27 heavy (non-hydrogen) atoms. The highest BCUT2D eigenvalue weighted by molar-refractivity contribution is 5.95. The highest BCUT2D eigenvalue weighted by Crippen LogP contribution is 2.36. The zero-order valence-corrected chi connectivity index (χ0v) is 13.3. The molecule has 9 heteroatoms. The van der Waals surface area contributed by atoms with Gasteiger partial charge in [0.1, 0.15) is 17.1 Å². The van der Waals surface area contributed by atoms with E-state index in [9.17, 15) is 22.8 Å². The highest BCUT2D eigenvalue weighted by atomic mass is 19.4. The Morgan fingerprint density at radius 1 is 0.926 bits per heavy atom. The second kappa shape index (κ2) is 7.21. The minimum absolute atomic E-state index is 0.0916. The number of para-hydroxylation sites is 1. The number of halogens is 3. The molecule has 134 valence electrons. The fourth-order valence-electron chi connectivity index (χ4n) is 2.50. The topological polar surface area (TPSA) is 81.0 Å². The van der Waals surface area contributed by atoms with Crippen LogP contribution in [0.1, 0.15) is 0 Å². The standard InChI is InChI=1S/C18H8F3N3O3/c19-18(20,21)27-13-5-1-3-11(7-13)17-15(23-10-26)8-12-4-2-6-14(22-9-25)16(12)24-17/h1-8H. The number of alkyl halides is 3. The van der Waals surface area contributed by atoms with Crippen molar-refractivity contribution in [1.82, 2.24) is 4.98 Å². The summed E-state index contributed by atoms with van der Waals surface area (Å²) < 4.78 is 41.3. The van der Waals surface area contributed by atoms with Crippen molar-refractivity contribution in [3.05, 3.63) is 48.5 Å². The molecule has 2 aromatic carbocycles. The van der Waals surface area contributed by atoms with Gasteiger partial charge in [0, 0.05) is 10.9 Å². The molecule has 0 aliphatic heterocycles. The summed E-state index contributed by atoms with van der Waals surface area (Å²) in [4.78, 5) is 32.8. The zero-order chi connectivity index (χ0) is 19.4. The average Bonchev–Trinajstić information content (AvgIpc) is 2.61. The van der Waals surface area contributed by atoms with Crippen LogP contribution in [0.5, 0.6) is 5.75 Å². The number of carbonyl (C=O) groups excluding carboxylic acids is 2. The molecule has 0 saturated carbocycles. The van der Waals surface area contributed by atoms with E-state index in [1.54, 1.807) is 12.1 Å². The number of pyridine rings is 1. The number of hydrogen-bond donors (Lipinski definition) is 0. The molecule has 0 aliphatic carbocycles. The first kappa shape index (κ1) is 18.0. The van der Waals surface area contributed by atoms with Gasteiger partial charge < -0.3 is 4.74 Å². The summed E-state index contributed by atoms with van der Waals surface area (Å²) in [6, 6.07) is 11.3. The van der Waals surface area contributed by atoms with Crippen LogP contribution in [0.15, 0.2) is 58.5 Å². The maximum Gasteiger partial charge on any atom is 0.573 e. The first-order valence-corrected chi connectivity index (χ1v) is 7.37. The molecule has 1 aromatic heterocycles. The van der Waals surface area contributed by atoms with Gasteiger partial charge in [0.05, 0.1) is 11.2 Å². The number of fused-ring (bicyclic) bond motifs is 1. The van der Waals surface area contributed by atoms with Gasteiger partial charge in [-0.3, -0.25) is 0 Å². The van der Waals surface area contributed by atoms with Crippen molar-refractivity contribution in [2.24, 2.45) is 9.98 Å². The SMILES string of the molecule is O=C=Nc1cc2cccc(N=C=O)c2nc1-c1cccc(OC(F)(F)F)c1. The molecule has 1 heterocycles. The van der Waals surface area contributed by atoms with Crippen molar-refractivity contribution in [2.75, 3.05) is 0 Å². The Labute approximate surface area is 149 Å². The van der Waals surface area contributed by atoms with Gasteiger partial charge in [-0.25, -0.2) is 14.6 Å². The maximum atomic E-state index is 12.5. The Bertz CT molecular complexity index is 1120. The second-order valence-corrected chi connectivity index (χ2v) is 5.19. The largest absolute Gasteiger partial charge is 0.573 e. The number of benzene rings is 2. The van der Waals surface area contributed by atoms with Crippen molar-refractivity contribution < 1.29 is 27.5 Å². The van der Waals surface area contributed by atoms with E-state index < -0.39 is 12.1 Å². The van der Waals surface area contributed by atoms with Crippen molar-refractivity contribution >= 4 is 34.4 Å². The third-order valence-electron chi connectivity index (χ3n) is 3.48. The van der Waals surface area contributed by atoms with Crippen LogP contribution in [-0.2, 0) is 9.59 Å². The minimum atomic E-state index is -4.86. The van der Waals surface area contributed by atoms with Gasteiger partial charge in [0.25, 0.3) is 0 Å². The van der Waals surface area contributed by atoms with Crippen LogP contribution in [0.4, 0.5) is 24.5 Å². The number of isocyanates is 2. The van der Waals surface area contributed by atoms with E-state index in [2.05, 4.69) is 19.7 Å². The summed E-state index contributed by atoms with van der Waals surface area (Å²) in [7, 11) is 0. The molecule has 0 spiro atoms. The van der Waals surface area contributed by atoms with E-state index in [4.69, 9.17) is 0 Å². The second-order valence-electron chi connectivity index (χ2n) is 5.19. The lowest BCUT2D eigenvalue weighted by atomic mass is 10.1. The third-order valence-corrected chi connectivity index (χ3v) is 3.48. The van der Waals surface area contributed by atoms with Crippen LogP contribution >= 0.6 is 0 Å². The number of aromatic nitrogens is 1. The number of hydrogen-bond acceptors (Lipinski definition) is 6. The Balaban J connectivity index is 2.24. The predicted octanol–water partition coefficient (Wildman–Crippen LogP) is 4.74. The Hall–Kier alpha value is -3.80. The number of aliphatic imine (C=N–C) groups is 2. The molecule has 0 unspecified atom stereocenters. The highest BCUT2D eigenvalue weighted by Gasteiger charge is 2.31. The van der Waals surface area contributed by atoms with Crippen LogP contribution in [-0.4, -0.2) is 23.5 Å². The van der Waals surface area contributed by atoms with E-state index in [-0.39, 0.29) is 22.6 Å². The summed E-state index contributed by atoms with van der Waals surface area (Å²) in [6.07, 6.45) is -2.05. The van der Waals surface area contributed by atoms with Gasteiger partial charge >= 0.3 is 6.36 Å². The fourth-order valence-corrected chi connectivity index (χ4v) is 2.50. The van der Waals surface area contributed by atoms with E-state index >= 15 is 0 Å². The summed E-state index contributed by atoms with van der Waals surface area (Å²) in [5, 5.41) is 0.520. The van der Waals surface area contributed by atoms with Crippen molar-refractivity contribution in [1.29, 1.82) is 0 Å². The van der Waals surface area contributed by atoms with Crippen LogP contribution in [0.25, 0.3) is 22.2 Å². The van der Waals surface area contributed by atoms with Crippen LogP contribution in [0.2, 0.25) is 0 Å². The molecule has 0 N–H and O–H groups in total. The van der Waals surface area contributed by atoms with Gasteiger partial charge in [-0.15, -0.1) is 13.2 Å². The lowest BCUT2D eigenvalue weighted by Crippen LogP contribution is -2.17. The van der Waals surface area contributed by atoms with E-state index in [1.165, 1.54) is 36.4 Å². The maximum absolute atomic E-state index is 12.5. The Kier molecular flexibility index (Phi) is 4.81. The lowest BCUT2D eigenvalue weighted by Gasteiger charge is -2.11. The summed E-state index contributed by atoms with van der Waals surface area (Å²) in [5.74, 6) is -0.456. The molecule has 0 saturated heterocycles. The fraction of sp³-hybridized carbons (Fsp3) is 0.0556. The third kappa shape index (κ3) is 4.07. The summed E-state index contributed by atoms with van der Waals surface area (Å²) in [6.45, 7) is 0. The zero-order valence-electron chi connectivity index (χ0n) is 13.3. The molecule has 0 bridgehead atoms. The number of nitrogens with zero attached hydrogens (tertiary/aromatic N) is 3. The molecular weight excluding hydrogens is 363 g/mol.